The van der Waals surface area contributed by atoms with E-state index in [-0.39, 0.29) is 5.78 Å². The number of aromatic amines is 1. The molecule has 1 atom stereocenters. The van der Waals surface area contributed by atoms with Crippen LogP contribution in [0, 0.1) is 4.77 Å². The highest BCUT2D eigenvalue weighted by molar-refractivity contribution is 7.71. The zero-order valence-corrected chi connectivity index (χ0v) is 14.9. The molecule has 2 heterocycles. The molecule has 0 spiro atoms. The molecule has 124 valence electrons. The van der Waals surface area contributed by atoms with Crippen molar-refractivity contribution in [1.82, 2.24) is 14.8 Å². The zero-order chi connectivity index (χ0) is 17.6. The Balaban J connectivity index is 1.90. The average Bonchev–Trinajstić information content (AvgIpc) is 2.97. The van der Waals surface area contributed by atoms with Crippen LogP contribution in [0.2, 0.25) is 10.0 Å². The highest BCUT2D eigenvalue weighted by atomic mass is 35.5. The van der Waals surface area contributed by atoms with Crippen molar-refractivity contribution in [1.29, 1.82) is 0 Å². The first kappa shape index (κ1) is 16.2. The van der Waals surface area contributed by atoms with Crippen molar-refractivity contribution in [2.24, 2.45) is 4.99 Å². The second-order valence-corrected chi connectivity index (χ2v) is 6.74. The lowest BCUT2D eigenvalue weighted by Gasteiger charge is -2.23. The number of benzene rings is 2. The number of rotatable bonds is 2. The third-order valence-corrected chi connectivity index (χ3v) is 4.73. The van der Waals surface area contributed by atoms with E-state index in [1.165, 1.54) is 0 Å². The summed E-state index contributed by atoms with van der Waals surface area (Å²) in [6, 6.07) is 13.4. The number of hydrogen-bond donors (Lipinski definition) is 1. The Morgan fingerprint density at radius 2 is 1.60 bits per heavy atom. The first-order chi connectivity index (χ1) is 12.0. The molecule has 5 nitrogen and oxygen atoms in total. The molecule has 0 fully saturated rings. The summed E-state index contributed by atoms with van der Waals surface area (Å²) in [6.07, 6.45) is 0. The minimum Gasteiger partial charge on any atom is -0.290 e. The number of aromatic nitrogens is 3. The second kappa shape index (κ2) is 6.22. The third-order valence-electron chi connectivity index (χ3n) is 3.94. The number of carbonyl (C=O) groups excluding carboxylic acids is 1. The van der Waals surface area contributed by atoms with Gasteiger partial charge in [-0.05, 0) is 42.0 Å². The lowest BCUT2D eigenvalue weighted by Crippen LogP contribution is -2.31. The number of ketones is 1. The number of Topliss-reactive ketones (excluding diaryl/α,β-unsaturated/α-hetero) is 1. The Kier molecular flexibility index (Phi) is 4.03. The molecule has 4 rings (SSSR count). The first-order valence-corrected chi connectivity index (χ1v) is 8.52. The topological polar surface area (TPSA) is 63.0 Å². The maximum atomic E-state index is 13.2. The van der Waals surface area contributed by atoms with Crippen molar-refractivity contribution in [3.8, 4) is 0 Å². The first-order valence-electron chi connectivity index (χ1n) is 7.36. The minimum absolute atomic E-state index is 0.172. The molecule has 0 bridgehead atoms. The Bertz CT molecular complexity index is 1050. The monoisotopic (exact) mass is 388 g/mol. The van der Waals surface area contributed by atoms with E-state index >= 15 is 0 Å². The smallest absolute Gasteiger partial charge is 0.250 e. The molecule has 0 saturated heterocycles. The summed E-state index contributed by atoms with van der Waals surface area (Å²) in [5.41, 5.74) is 1.75. The fourth-order valence-electron chi connectivity index (χ4n) is 2.77. The Labute approximate surface area is 157 Å². The molecule has 0 saturated carbocycles. The van der Waals surface area contributed by atoms with Crippen LogP contribution in [-0.2, 0) is 4.79 Å². The van der Waals surface area contributed by atoms with Gasteiger partial charge in [0.05, 0.1) is 0 Å². The molecular weight excluding hydrogens is 379 g/mol. The summed E-state index contributed by atoms with van der Waals surface area (Å²) in [4.78, 5) is 17.6. The van der Waals surface area contributed by atoms with Crippen LogP contribution >= 0.6 is 35.4 Å². The van der Waals surface area contributed by atoms with Crippen molar-refractivity contribution in [3.05, 3.63) is 74.5 Å². The number of halogens is 2. The number of carbonyl (C=O) groups is 1. The van der Waals surface area contributed by atoms with E-state index < -0.39 is 6.04 Å². The van der Waals surface area contributed by atoms with Crippen molar-refractivity contribution in [2.75, 3.05) is 0 Å². The van der Waals surface area contributed by atoms with Gasteiger partial charge in [0.15, 0.2) is 4.77 Å². The average molecular weight is 389 g/mol. The standard InChI is InChI=1S/C17H10Cl2N4OS/c18-11-5-1-9(2-6-11)13-15(24)14(10-3-7-12(19)8-4-10)23-16(20-13)21-22-17(23)25/h1-8,14H,(H,22,25). The molecule has 1 unspecified atom stereocenters. The van der Waals surface area contributed by atoms with Gasteiger partial charge in [0, 0.05) is 15.6 Å². The Morgan fingerprint density at radius 3 is 2.24 bits per heavy atom. The normalized spacial score (nSPS) is 16.5. The van der Waals surface area contributed by atoms with Gasteiger partial charge in [0.2, 0.25) is 5.78 Å². The SMILES string of the molecule is O=C1C(c2ccc(Cl)cc2)=Nc2n[nH]c(=S)n2C1c1ccc(Cl)cc1. The number of nitrogens with zero attached hydrogens (tertiary/aromatic N) is 3. The summed E-state index contributed by atoms with van der Waals surface area (Å²) >= 11 is 17.2. The van der Waals surface area contributed by atoms with Gasteiger partial charge in [-0.25, -0.2) is 10.1 Å². The fourth-order valence-corrected chi connectivity index (χ4v) is 3.25. The Hall–Kier alpha value is -2.28. The molecular formula is C17H10Cl2N4OS. The van der Waals surface area contributed by atoms with Gasteiger partial charge < -0.3 is 0 Å². The van der Waals surface area contributed by atoms with Crippen LogP contribution in [0.25, 0.3) is 0 Å². The van der Waals surface area contributed by atoms with Crippen LogP contribution < -0.4 is 0 Å². The summed E-state index contributed by atoms with van der Waals surface area (Å²) in [7, 11) is 0. The molecule has 0 aliphatic carbocycles. The van der Waals surface area contributed by atoms with Crippen LogP contribution in [-0.4, -0.2) is 26.3 Å². The van der Waals surface area contributed by atoms with Gasteiger partial charge in [0.1, 0.15) is 11.8 Å². The number of fused-ring (bicyclic) bond motifs is 1. The summed E-state index contributed by atoms with van der Waals surface area (Å²) in [6.45, 7) is 0. The molecule has 1 aliphatic heterocycles. The zero-order valence-electron chi connectivity index (χ0n) is 12.6. The highest BCUT2D eigenvalue weighted by Gasteiger charge is 2.34. The van der Waals surface area contributed by atoms with Crippen molar-refractivity contribution in [3.63, 3.8) is 0 Å². The second-order valence-electron chi connectivity index (χ2n) is 5.48. The van der Waals surface area contributed by atoms with Crippen molar-refractivity contribution < 1.29 is 4.79 Å². The van der Waals surface area contributed by atoms with E-state index in [1.54, 1.807) is 53.1 Å². The van der Waals surface area contributed by atoms with Crippen LogP contribution in [0.5, 0.6) is 0 Å². The number of aliphatic imine (C=N–C) groups is 1. The molecule has 2 aromatic carbocycles. The molecule has 3 aromatic rings. The molecule has 1 aromatic heterocycles. The fraction of sp³-hybridized carbons (Fsp3) is 0.0588. The quantitative estimate of drug-likeness (QED) is 0.655. The molecule has 25 heavy (non-hydrogen) atoms. The van der Waals surface area contributed by atoms with Crippen LogP contribution in [0.1, 0.15) is 17.2 Å². The van der Waals surface area contributed by atoms with E-state index in [2.05, 4.69) is 15.2 Å². The molecule has 1 N–H and O–H groups in total. The van der Waals surface area contributed by atoms with Crippen molar-refractivity contribution >= 4 is 52.9 Å². The lowest BCUT2D eigenvalue weighted by molar-refractivity contribution is -0.115. The van der Waals surface area contributed by atoms with Gasteiger partial charge in [-0.1, -0.05) is 47.5 Å². The van der Waals surface area contributed by atoms with Gasteiger partial charge in [-0.15, -0.1) is 5.10 Å². The van der Waals surface area contributed by atoms with E-state index in [9.17, 15) is 4.79 Å². The van der Waals surface area contributed by atoms with Crippen LogP contribution in [0.3, 0.4) is 0 Å². The van der Waals surface area contributed by atoms with Crippen LogP contribution in [0.15, 0.2) is 53.5 Å². The van der Waals surface area contributed by atoms with E-state index in [4.69, 9.17) is 35.4 Å². The third kappa shape index (κ3) is 2.82. The number of hydrogen-bond acceptors (Lipinski definition) is 4. The molecule has 8 heteroatoms. The Morgan fingerprint density at radius 1 is 1.00 bits per heavy atom. The predicted molar refractivity (Wildman–Crippen MR) is 99.7 cm³/mol. The molecule has 0 radical (unpaired) electrons. The van der Waals surface area contributed by atoms with E-state index in [0.717, 1.165) is 5.56 Å². The van der Waals surface area contributed by atoms with Gasteiger partial charge >= 0.3 is 0 Å². The summed E-state index contributed by atoms with van der Waals surface area (Å²) in [5, 5.41) is 8.01. The molecule has 0 amide bonds. The number of H-pyrrole nitrogens is 1. The molecule has 1 aliphatic rings. The summed E-state index contributed by atoms with van der Waals surface area (Å²) in [5.74, 6) is 0.184. The van der Waals surface area contributed by atoms with E-state index in [0.29, 0.717) is 32.0 Å². The van der Waals surface area contributed by atoms with Crippen molar-refractivity contribution in [2.45, 2.75) is 6.04 Å². The summed E-state index contributed by atoms with van der Waals surface area (Å²) < 4.78 is 1.95. The van der Waals surface area contributed by atoms with Gasteiger partial charge in [0.25, 0.3) is 5.95 Å². The largest absolute Gasteiger partial charge is 0.290 e. The maximum absolute atomic E-state index is 13.2. The number of nitrogens with one attached hydrogen (secondary N) is 1. The van der Waals surface area contributed by atoms with Crippen LogP contribution in [0.4, 0.5) is 5.95 Å². The maximum Gasteiger partial charge on any atom is 0.250 e. The highest BCUT2D eigenvalue weighted by Crippen LogP contribution is 2.31. The van der Waals surface area contributed by atoms with Gasteiger partial charge in [-0.3, -0.25) is 9.36 Å². The van der Waals surface area contributed by atoms with Gasteiger partial charge in [-0.2, -0.15) is 0 Å². The van der Waals surface area contributed by atoms with E-state index in [1.807, 2.05) is 0 Å². The minimum atomic E-state index is -0.651. The lowest BCUT2D eigenvalue weighted by atomic mass is 9.94. The predicted octanol–water partition coefficient (Wildman–Crippen LogP) is 4.54.